The van der Waals surface area contributed by atoms with Crippen LogP contribution in [0.15, 0.2) is 34.5 Å². The summed E-state index contributed by atoms with van der Waals surface area (Å²) in [6, 6.07) is 6.44. The number of carbonyl (C=O) groups is 3. The monoisotopic (exact) mass is 288 g/mol. The highest BCUT2D eigenvalue weighted by atomic mass is 16.5. The third kappa shape index (κ3) is 3.50. The number of carbonyl (C=O) groups excluding carboxylic acids is 3. The molecule has 0 unspecified atom stereocenters. The van der Waals surface area contributed by atoms with Crippen LogP contribution in [0, 0.1) is 5.92 Å². The number of hydrazone groups is 2. The molecule has 1 atom stereocenters. The van der Waals surface area contributed by atoms with Crippen LogP contribution in [0.4, 0.5) is 0 Å². The lowest BCUT2D eigenvalue weighted by atomic mass is 10.1. The first-order chi connectivity index (χ1) is 10.1. The Bertz CT molecular complexity index is 622. The van der Waals surface area contributed by atoms with E-state index in [4.69, 9.17) is 0 Å². The van der Waals surface area contributed by atoms with E-state index in [0.717, 1.165) is 0 Å². The zero-order chi connectivity index (χ0) is 15.2. The van der Waals surface area contributed by atoms with E-state index in [2.05, 4.69) is 25.8 Å². The largest absolute Gasteiger partial charge is 0.465 e. The van der Waals surface area contributed by atoms with Gasteiger partial charge in [-0.2, -0.15) is 10.2 Å². The van der Waals surface area contributed by atoms with Crippen molar-refractivity contribution in [1.82, 2.24) is 10.9 Å². The molecular weight excluding hydrogens is 276 g/mol. The van der Waals surface area contributed by atoms with Gasteiger partial charge in [-0.3, -0.25) is 9.59 Å². The number of hydrogen-bond acceptors (Lipinski definition) is 6. The Kier molecular flexibility index (Phi) is 4.39. The average Bonchev–Trinajstić information content (AvgIpc) is 2.93. The second kappa shape index (κ2) is 6.42. The van der Waals surface area contributed by atoms with Gasteiger partial charge in [0.2, 0.25) is 0 Å². The van der Waals surface area contributed by atoms with Gasteiger partial charge in [-0.15, -0.1) is 0 Å². The topological polar surface area (TPSA) is 109 Å². The molecule has 0 saturated heterocycles. The molecule has 8 heteroatoms. The Morgan fingerprint density at radius 1 is 1.38 bits per heavy atom. The molecule has 1 aromatic carbocycles. The molecule has 0 bridgehead atoms. The smallest absolute Gasteiger partial charge is 0.337 e. The van der Waals surface area contributed by atoms with Gasteiger partial charge in [0.05, 0.1) is 18.9 Å². The number of ether oxygens (including phenoxy) is 1. The van der Waals surface area contributed by atoms with E-state index < -0.39 is 23.7 Å². The van der Waals surface area contributed by atoms with Crippen LogP contribution in [0.2, 0.25) is 0 Å². The normalized spacial score (nSPS) is 16.8. The summed E-state index contributed by atoms with van der Waals surface area (Å²) in [5.41, 5.74) is 5.48. The third-order valence-corrected chi connectivity index (χ3v) is 2.68. The fraction of sp³-hybridized carbons (Fsp3) is 0.154. The maximum atomic E-state index is 11.6. The van der Waals surface area contributed by atoms with Crippen LogP contribution in [0.25, 0.3) is 0 Å². The van der Waals surface area contributed by atoms with Crippen molar-refractivity contribution in [3.63, 3.8) is 0 Å². The molecule has 21 heavy (non-hydrogen) atoms. The lowest BCUT2D eigenvalue weighted by Crippen LogP contribution is -2.34. The SMILES string of the molecule is COC(=O)c1ccc(/C=N\NC(=O)[C@H]2C=NNC2=O)cc1. The molecule has 8 nitrogen and oxygen atoms in total. The third-order valence-electron chi connectivity index (χ3n) is 2.68. The lowest BCUT2D eigenvalue weighted by Gasteiger charge is -2.02. The van der Waals surface area contributed by atoms with Gasteiger partial charge in [-0.05, 0) is 17.7 Å². The number of methoxy groups -OCH3 is 1. The predicted octanol–water partition coefficient (Wildman–Crippen LogP) is -0.345. The standard InChI is InChI=1S/C13H12N4O4/c1-21-13(20)9-4-2-8(3-5-9)6-14-16-11(18)10-7-15-17-12(10)19/h2-7,10H,1H3,(H,16,18)(H,17,19)/b14-6-/t10-/m1/s1. The summed E-state index contributed by atoms with van der Waals surface area (Å²) in [5, 5.41) is 7.22. The molecule has 0 aromatic heterocycles. The second-order valence-electron chi connectivity index (χ2n) is 4.08. The first-order valence-electron chi connectivity index (χ1n) is 5.96. The summed E-state index contributed by atoms with van der Waals surface area (Å²) in [6.45, 7) is 0. The van der Waals surface area contributed by atoms with Gasteiger partial charge in [-0.1, -0.05) is 12.1 Å². The van der Waals surface area contributed by atoms with Crippen LogP contribution in [0.1, 0.15) is 15.9 Å². The van der Waals surface area contributed by atoms with Crippen molar-refractivity contribution in [2.24, 2.45) is 16.1 Å². The van der Waals surface area contributed by atoms with E-state index in [1.54, 1.807) is 24.3 Å². The van der Waals surface area contributed by atoms with Crippen LogP contribution < -0.4 is 10.9 Å². The maximum absolute atomic E-state index is 11.6. The molecule has 108 valence electrons. The minimum absolute atomic E-state index is 0.414. The lowest BCUT2D eigenvalue weighted by molar-refractivity contribution is -0.131. The van der Waals surface area contributed by atoms with Gasteiger partial charge in [-0.25, -0.2) is 15.6 Å². The quantitative estimate of drug-likeness (QED) is 0.342. The molecule has 2 N–H and O–H groups in total. The van der Waals surface area contributed by atoms with Gasteiger partial charge < -0.3 is 4.74 Å². The Hall–Kier alpha value is -3.03. The zero-order valence-corrected chi connectivity index (χ0v) is 11.1. The molecular formula is C13H12N4O4. The van der Waals surface area contributed by atoms with Crippen LogP contribution in [0.3, 0.4) is 0 Å². The van der Waals surface area contributed by atoms with Crippen LogP contribution in [-0.2, 0) is 14.3 Å². The molecule has 0 radical (unpaired) electrons. The molecule has 1 aromatic rings. The first-order valence-corrected chi connectivity index (χ1v) is 5.96. The zero-order valence-electron chi connectivity index (χ0n) is 11.1. The number of rotatable bonds is 4. The van der Waals surface area contributed by atoms with Gasteiger partial charge in [0, 0.05) is 6.21 Å². The van der Waals surface area contributed by atoms with E-state index in [1.165, 1.54) is 19.5 Å². The highest BCUT2D eigenvalue weighted by molar-refractivity contribution is 6.15. The summed E-state index contributed by atoms with van der Waals surface area (Å²) in [5.74, 6) is -2.47. The number of hydrogen-bond donors (Lipinski definition) is 2. The molecule has 0 spiro atoms. The minimum atomic E-state index is -0.969. The van der Waals surface area contributed by atoms with Crippen LogP contribution >= 0.6 is 0 Å². The fourth-order valence-electron chi connectivity index (χ4n) is 1.56. The summed E-state index contributed by atoms with van der Waals surface area (Å²) >= 11 is 0. The molecule has 0 fully saturated rings. The predicted molar refractivity (Wildman–Crippen MR) is 73.6 cm³/mol. The summed E-state index contributed by atoms with van der Waals surface area (Å²) < 4.78 is 4.58. The van der Waals surface area contributed by atoms with E-state index in [0.29, 0.717) is 11.1 Å². The number of nitrogens with one attached hydrogen (secondary N) is 2. The summed E-state index contributed by atoms with van der Waals surface area (Å²) in [6.07, 6.45) is 2.60. The van der Waals surface area contributed by atoms with Crippen molar-refractivity contribution in [2.75, 3.05) is 7.11 Å². The Morgan fingerprint density at radius 3 is 2.67 bits per heavy atom. The maximum Gasteiger partial charge on any atom is 0.337 e. The Balaban J connectivity index is 1.92. The van der Waals surface area contributed by atoms with Crippen molar-refractivity contribution >= 4 is 30.2 Å². The van der Waals surface area contributed by atoms with Crippen molar-refractivity contribution < 1.29 is 19.1 Å². The molecule has 0 aliphatic carbocycles. The number of nitrogens with zero attached hydrogens (tertiary/aromatic N) is 2. The number of benzene rings is 1. The summed E-state index contributed by atoms with van der Waals surface area (Å²) in [4.78, 5) is 34.0. The highest BCUT2D eigenvalue weighted by Crippen LogP contribution is 2.04. The number of amides is 2. The molecule has 1 heterocycles. The highest BCUT2D eigenvalue weighted by Gasteiger charge is 2.28. The fourth-order valence-corrected chi connectivity index (χ4v) is 1.56. The van der Waals surface area contributed by atoms with E-state index in [1.807, 2.05) is 0 Å². The van der Waals surface area contributed by atoms with Crippen molar-refractivity contribution in [2.45, 2.75) is 0 Å². The second-order valence-corrected chi connectivity index (χ2v) is 4.08. The van der Waals surface area contributed by atoms with Crippen LogP contribution in [-0.4, -0.2) is 37.3 Å². The van der Waals surface area contributed by atoms with Gasteiger partial charge in [0.25, 0.3) is 11.8 Å². The van der Waals surface area contributed by atoms with Gasteiger partial charge >= 0.3 is 5.97 Å². The molecule has 0 saturated carbocycles. The first kappa shape index (κ1) is 14.4. The Labute approximate surface area is 119 Å². The van der Waals surface area contributed by atoms with Crippen LogP contribution in [0.5, 0.6) is 0 Å². The molecule has 2 rings (SSSR count). The van der Waals surface area contributed by atoms with E-state index in [9.17, 15) is 14.4 Å². The average molecular weight is 288 g/mol. The van der Waals surface area contributed by atoms with Crippen molar-refractivity contribution in [1.29, 1.82) is 0 Å². The number of esters is 1. The van der Waals surface area contributed by atoms with Gasteiger partial charge in [0.1, 0.15) is 0 Å². The van der Waals surface area contributed by atoms with E-state index in [-0.39, 0.29) is 0 Å². The molecule has 2 amide bonds. The Morgan fingerprint density at radius 2 is 2.10 bits per heavy atom. The molecule has 1 aliphatic rings. The van der Waals surface area contributed by atoms with E-state index >= 15 is 0 Å². The van der Waals surface area contributed by atoms with Gasteiger partial charge in [0.15, 0.2) is 5.92 Å². The summed E-state index contributed by atoms with van der Waals surface area (Å²) in [7, 11) is 1.30. The van der Waals surface area contributed by atoms with Crippen molar-refractivity contribution in [3.8, 4) is 0 Å². The minimum Gasteiger partial charge on any atom is -0.465 e. The molecule has 1 aliphatic heterocycles. The van der Waals surface area contributed by atoms with Crippen molar-refractivity contribution in [3.05, 3.63) is 35.4 Å².